The summed E-state index contributed by atoms with van der Waals surface area (Å²) in [6, 6.07) is 9.50. The third-order valence-electron chi connectivity index (χ3n) is 5.18. The topological polar surface area (TPSA) is 84.4 Å². The first kappa shape index (κ1) is 20.7. The number of likely N-dealkylation sites (tertiary alicyclic amines) is 1. The van der Waals surface area contributed by atoms with E-state index in [0.29, 0.717) is 22.9 Å². The number of aromatic nitrogens is 2. The number of furan rings is 1. The van der Waals surface area contributed by atoms with Crippen molar-refractivity contribution in [3.63, 3.8) is 0 Å². The van der Waals surface area contributed by atoms with Gasteiger partial charge in [0.1, 0.15) is 22.3 Å². The van der Waals surface area contributed by atoms with Crippen molar-refractivity contribution in [3.05, 3.63) is 65.1 Å². The quantitative estimate of drug-likeness (QED) is 0.542. The van der Waals surface area contributed by atoms with E-state index >= 15 is 0 Å². The minimum Gasteiger partial charge on any atom is -0.465 e. The molecule has 1 saturated heterocycles. The van der Waals surface area contributed by atoms with Crippen molar-refractivity contribution >= 4 is 17.7 Å². The highest BCUT2D eigenvalue weighted by atomic mass is 32.2. The summed E-state index contributed by atoms with van der Waals surface area (Å²) in [5, 5.41) is 7.79. The van der Waals surface area contributed by atoms with Crippen LogP contribution in [0, 0.1) is 13.8 Å². The molecule has 0 saturated carbocycles. The van der Waals surface area contributed by atoms with Crippen LogP contribution in [0.15, 0.2) is 50.5 Å². The highest BCUT2D eigenvalue weighted by Gasteiger charge is 2.27. The van der Waals surface area contributed by atoms with Gasteiger partial charge in [0, 0.05) is 24.6 Å². The fourth-order valence-corrected chi connectivity index (χ4v) is 4.56. The molecule has 1 unspecified atom stereocenters. The van der Waals surface area contributed by atoms with Crippen molar-refractivity contribution in [3.8, 4) is 0 Å². The Hall–Kier alpha value is -2.58. The Morgan fingerprint density at radius 1 is 1.23 bits per heavy atom. The number of pyridine rings is 1. The van der Waals surface area contributed by atoms with Crippen molar-refractivity contribution in [1.29, 1.82) is 0 Å². The number of nitrogens with one attached hydrogen (secondary N) is 1. The Labute approximate surface area is 180 Å². The standard InChI is InChI=1S/C22H26N4O3S/c1-15-7-8-20(28-15)19(26-10-3-4-11-26)13-24-21(27)18-6-5-9-23-22(18)30-14-17-12-16(2)29-25-17/h5-9,12,19H,3-4,10-11,13-14H2,1-2H3,(H,24,27). The molecule has 0 bridgehead atoms. The molecule has 1 aliphatic heterocycles. The molecule has 0 aliphatic carbocycles. The summed E-state index contributed by atoms with van der Waals surface area (Å²) in [6.45, 7) is 6.33. The zero-order chi connectivity index (χ0) is 20.9. The third kappa shape index (κ3) is 4.94. The van der Waals surface area contributed by atoms with Gasteiger partial charge >= 0.3 is 0 Å². The normalized spacial score (nSPS) is 15.4. The lowest BCUT2D eigenvalue weighted by Gasteiger charge is -2.26. The lowest BCUT2D eigenvalue weighted by molar-refractivity contribution is 0.0930. The molecule has 1 aliphatic rings. The van der Waals surface area contributed by atoms with Gasteiger partial charge in [-0.05, 0) is 64.0 Å². The lowest BCUT2D eigenvalue weighted by Crippen LogP contribution is -2.36. The Morgan fingerprint density at radius 3 is 2.77 bits per heavy atom. The Balaban J connectivity index is 1.43. The van der Waals surface area contributed by atoms with Crippen LogP contribution in [0.2, 0.25) is 0 Å². The summed E-state index contributed by atoms with van der Waals surface area (Å²) in [6.07, 6.45) is 4.05. The molecular formula is C22H26N4O3S. The first-order valence-corrected chi connectivity index (χ1v) is 11.2. The maximum Gasteiger partial charge on any atom is 0.254 e. The predicted octanol–water partition coefficient (Wildman–Crippen LogP) is 4.14. The van der Waals surface area contributed by atoms with E-state index < -0.39 is 0 Å². The molecular weight excluding hydrogens is 400 g/mol. The van der Waals surface area contributed by atoms with Crippen LogP contribution in [0.4, 0.5) is 0 Å². The molecule has 8 heteroatoms. The van der Waals surface area contributed by atoms with Crippen molar-refractivity contribution in [1.82, 2.24) is 20.4 Å². The van der Waals surface area contributed by atoms with Crippen LogP contribution in [-0.4, -0.2) is 40.6 Å². The lowest BCUT2D eigenvalue weighted by atomic mass is 10.2. The zero-order valence-electron chi connectivity index (χ0n) is 17.3. The summed E-state index contributed by atoms with van der Waals surface area (Å²) in [5.41, 5.74) is 1.40. The number of carbonyl (C=O) groups is 1. The van der Waals surface area contributed by atoms with Crippen molar-refractivity contribution in [2.75, 3.05) is 19.6 Å². The molecule has 1 atom stereocenters. The summed E-state index contributed by atoms with van der Waals surface area (Å²) in [7, 11) is 0. The summed E-state index contributed by atoms with van der Waals surface area (Å²) in [5.74, 6) is 3.02. The smallest absolute Gasteiger partial charge is 0.254 e. The molecule has 1 fully saturated rings. The number of rotatable bonds is 8. The van der Waals surface area contributed by atoms with E-state index in [4.69, 9.17) is 8.94 Å². The number of thioether (sulfide) groups is 1. The van der Waals surface area contributed by atoms with Crippen LogP contribution >= 0.6 is 11.8 Å². The summed E-state index contributed by atoms with van der Waals surface area (Å²) < 4.78 is 11.0. The molecule has 0 aromatic carbocycles. The largest absolute Gasteiger partial charge is 0.465 e. The molecule has 1 amide bonds. The van der Waals surface area contributed by atoms with Gasteiger partial charge in [-0.15, -0.1) is 0 Å². The molecule has 0 spiro atoms. The number of carbonyl (C=O) groups excluding carboxylic acids is 1. The van der Waals surface area contributed by atoms with E-state index in [2.05, 4.69) is 20.4 Å². The van der Waals surface area contributed by atoms with E-state index in [1.165, 1.54) is 24.6 Å². The minimum absolute atomic E-state index is 0.0380. The Kier molecular flexibility index (Phi) is 6.54. The van der Waals surface area contributed by atoms with Crippen LogP contribution in [0.5, 0.6) is 0 Å². The molecule has 0 radical (unpaired) electrons. The van der Waals surface area contributed by atoms with Gasteiger partial charge in [0.2, 0.25) is 0 Å². The molecule has 1 N–H and O–H groups in total. The fraction of sp³-hybridized carbons (Fsp3) is 0.409. The van der Waals surface area contributed by atoms with Gasteiger partial charge in [-0.3, -0.25) is 9.69 Å². The van der Waals surface area contributed by atoms with Crippen molar-refractivity contribution < 1.29 is 13.7 Å². The molecule has 3 aromatic heterocycles. The van der Waals surface area contributed by atoms with Crippen LogP contribution in [0.1, 0.15) is 52.2 Å². The van der Waals surface area contributed by atoms with Crippen LogP contribution in [-0.2, 0) is 5.75 Å². The maximum absolute atomic E-state index is 13.0. The van der Waals surface area contributed by atoms with Gasteiger partial charge in [-0.25, -0.2) is 4.98 Å². The van der Waals surface area contributed by atoms with Crippen LogP contribution < -0.4 is 5.32 Å². The summed E-state index contributed by atoms with van der Waals surface area (Å²) >= 11 is 1.48. The van der Waals surface area contributed by atoms with Gasteiger partial charge in [-0.2, -0.15) is 0 Å². The van der Waals surface area contributed by atoms with Crippen LogP contribution in [0.3, 0.4) is 0 Å². The van der Waals surface area contributed by atoms with Gasteiger partial charge in [-0.1, -0.05) is 16.9 Å². The molecule has 7 nitrogen and oxygen atoms in total. The van der Waals surface area contributed by atoms with Crippen LogP contribution in [0.25, 0.3) is 0 Å². The molecule has 158 valence electrons. The van der Waals surface area contributed by atoms with E-state index in [9.17, 15) is 4.79 Å². The highest BCUT2D eigenvalue weighted by molar-refractivity contribution is 7.98. The zero-order valence-corrected chi connectivity index (χ0v) is 18.1. The average Bonchev–Trinajstić information content (AvgIpc) is 3.50. The van der Waals surface area contributed by atoms with E-state index in [1.54, 1.807) is 18.3 Å². The van der Waals surface area contributed by atoms with E-state index in [0.717, 1.165) is 36.1 Å². The first-order valence-electron chi connectivity index (χ1n) is 10.2. The second kappa shape index (κ2) is 9.49. The number of amides is 1. The first-order chi connectivity index (χ1) is 14.6. The average molecular weight is 427 g/mol. The SMILES string of the molecule is Cc1cc(CSc2ncccc2C(=O)NCC(c2ccc(C)o2)N2CCCC2)no1. The molecule has 4 heterocycles. The molecule has 30 heavy (non-hydrogen) atoms. The van der Waals surface area contributed by atoms with E-state index in [-0.39, 0.29) is 11.9 Å². The van der Waals surface area contributed by atoms with Crippen molar-refractivity contribution in [2.24, 2.45) is 0 Å². The Morgan fingerprint density at radius 2 is 2.07 bits per heavy atom. The van der Waals surface area contributed by atoms with Gasteiger partial charge in [0.25, 0.3) is 5.91 Å². The second-order valence-corrected chi connectivity index (χ2v) is 8.46. The second-order valence-electron chi connectivity index (χ2n) is 7.49. The monoisotopic (exact) mass is 426 g/mol. The predicted molar refractivity (Wildman–Crippen MR) is 114 cm³/mol. The molecule has 3 aromatic rings. The van der Waals surface area contributed by atoms with Crippen molar-refractivity contribution in [2.45, 2.75) is 43.5 Å². The summed E-state index contributed by atoms with van der Waals surface area (Å²) in [4.78, 5) is 19.8. The van der Waals surface area contributed by atoms with Gasteiger partial charge < -0.3 is 14.3 Å². The third-order valence-corrected chi connectivity index (χ3v) is 6.22. The van der Waals surface area contributed by atoms with Gasteiger partial charge in [0.15, 0.2) is 0 Å². The van der Waals surface area contributed by atoms with Gasteiger partial charge in [0.05, 0.1) is 17.3 Å². The molecule has 4 rings (SSSR count). The number of hydrogen-bond acceptors (Lipinski definition) is 7. The maximum atomic E-state index is 13.0. The Bertz CT molecular complexity index is 994. The number of nitrogens with zero attached hydrogens (tertiary/aromatic N) is 3. The highest BCUT2D eigenvalue weighted by Crippen LogP contribution is 2.27. The fourth-order valence-electron chi connectivity index (χ4n) is 3.69. The minimum atomic E-state index is -0.130. The number of hydrogen-bond donors (Lipinski definition) is 1. The number of aryl methyl sites for hydroxylation is 2. The van der Waals surface area contributed by atoms with E-state index in [1.807, 2.05) is 32.0 Å².